The zero-order chi connectivity index (χ0) is 25.0. The van der Waals surface area contributed by atoms with Crippen LogP contribution < -0.4 is 0 Å². The van der Waals surface area contributed by atoms with Crippen molar-refractivity contribution in [3.63, 3.8) is 0 Å². The summed E-state index contributed by atoms with van der Waals surface area (Å²) in [5.74, 6) is -1.62. The molecule has 0 amide bonds. The minimum atomic E-state index is -1.27. The zero-order valence-corrected chi connectivity index (χ0v) is 21.4. The second-order valence-corrected chi connectivity index (χ2v) is 12.6. The van der Waals surface area contributed by atoms with E-state index in [0.29, 0.717) is 18.4 Å². The maximum Gasteiger partial charge on any atom is 0.338 e. The number of likely N-dealkylation sites (tertiary alicyclic amines) is 1. The maximum absolute atomic E-state index is 13.5. The van der Waals surface area contributed by atoms with Crippen LogP contribution in [0.3, 0.4) is 0 Å². The van der Waals surface area contributed by atoms with Gasteiger partial charge in [0.05, 0.1) is 23.2 Å². The average Bonchev–Trinajstić information content (AvgIpc) is 2.92. The summed E-state index contributed by atoms with van der Waals surface area (Å²) >= 11 is 0. The number of methoxy groups -OCH3 is 1. The van der Waals surface area contributed by atoms with E-state index in [4.69, 9.17) is 14.2 Å². The summed E-state index contributed by atoms with van der Waals surface area (Å²) in [6.07, 6.45) is 3.10. The molecule has 1 aromatic rings. The van der Waals surface area contributed by atoms with E-state index in [1.54, 1.807) is 19.2 Å². The molecule has 3 aliphatic heterocycles. The number of aliphatic hydroxyl groups is 1. The first-order valence-corrected chi connectivity index (χ1v) is 13.8. The third-order valence-corrected chi connectivity index (χ3v) is 11.3. The molecule has 11 atom stereocenters. The Morgan fingerprint density at radius 3 is 2.72 bits per heavy atom. The molecule has 7 heteroatoms. The number of hydrogen-bond acceptors (Lipinski definition) is 7. The van der Waals surface area contributed by atoms with E-state index < -0.39 is 17.6 Å². The minimum Gasteiger partial charge on any atom is -0.462 e. The van der Waals surface area contributed by atoms with Crippen LogP contribution in [0, 0.1) is 34.5 Å². The van der Waals surface area contributed by atoms with Crippen LogP contribution in [-0.2, 0) is 19.0 Å². The number of piperidine rings is 1. The Morgan fingerprint density at radius 1 is 1.22 bits per heavy atom. The first-order valence-electron chi connectivity index (χ1n) is 13.8. The second-order valence-electron chi connectivity index (χ2n) is 12.6. The summed E-state index contributed by atoms with van der Waals surface area (Å²) in [6, 6.07) is 9.13. The molecule has 1 spiro atoms. The SMILES string of the molecule is CCN1C[C@]2(C)CC[C@H](OC)[C@@]34C5C[C@@H]6CC[C@@](O)(C5C(=O)O6)[C@@H](C(OC(=O)c5ccccc5)C23)[C@@H]14. The van der Waals surface area contributed by atoms with Crippen molar-refractivity contribution in [1.29, 1.82) is 0 Å². The quantitative estimate of drug-likeness (QED) is 0.643. The lowest BCUT2D eigenvalue weighted by atomic mass is 9.42. The van der Waals surface area contributed by atoms with Gasteiger partial charge in [0.15, 0.2) is 0 Å². The molecule has 7 nitrogen and oxygen atoms in total. The Labute approximate surface area is 212 Å². The molecule has 9 bridgehead atoms. The van der Waals surface area contributed by atoms with E-state index in [2.05, 4.69) is 18.7 Å². The lowest BCUT2D eigenvalue weighted by Gasteiger charge is -2.69. The van der Waals surface area contributed by atoms with Crippen LogP contribution in [0.25, 0.3) is 0 Å². The summed E-state index contributed by atoms with van der Waals surface area (Å²) in [4.78, 5) is 29.6. The lowest BCUT2D eigenvalue weighted by Crippen LogP contribution is -2.76. The molecule has 4 unspecified atom stereocenters. The summed E-state index contributed by atoms with van der Waals surface area (Å²) in [6.45, 7) is 6.29. The standard InChI is InChI=1S/C29H37NO6/c1-4-30-15-27(2)12-11-19(34-3)29-18-14-17-10-13-28(33,20(18)26(32)35-17)21(24(29)30)22(23(27)29)36-25(31)16-8-6-5-7-9-16/h5-9,17-24,33H,4,10-15H2,1-3H3/t17-,18?,19-,20?,21-,22?,23?,24+,27-,28+,29-/m0/s1. The van der Waals surface area contributed by atoms with Gasteiger partial charge in [0.2, 0.25) is 0 Å². The van der Waals surface area contributed by atoms with Crippen LogP contribution in [-0.4, -0.2) is 72.1 Å². The molecule has 4 saturated carbocycles. The van der Waals surface area contributed by atoms with Crippen molar-refractivity contribution in [3.8, 4) is 0 Å². The highest BCUT2D eigenvalue weighted by molar-refractivity contribution is 5.89. The highest BCUT2D eigenvalue weighted by Crippen LogP contribution is 2.77. The van der Waals surface area contributed by atoms with Crippen molar-refractivity contribution >= 4 is 11.9 Å². The number of fused-ring (bicyclic) bond motifs is 2. The third-order valence-electron chi connectivity index (χ3n) is 11.3. The van der Waals surface area contributed by atoms with E-state index in [1.807, 2.05) is 18.2 Å². The first-order chi connectivity index (χ1) is 17.3. The monoisotopic (exact) mass is 495 g/mol. The van der Waals surface area contributed by atoms with E-state index >= 15 is 0 Å². The molecular formula is C29H37NO6. The van der Waals surface area contributed by atoms with Gasteiger partial charge in [-0.05, 0) is 62.1 Å². The zero-order valence-electron chi connectivity index (χ0n) is 21.4. The molecule has 0 radical (unpaired) electrons. The number of benzene rings is 1. The highest BCUT2D eigenvalue weighted by Gasteiger charge is 2.85. The van der Waals surface area contributed by atoms with Crippen molar-refractivity contribution in [2.45, 2.75) is 75.9 Å². The van der Waals surface area contributed by atoms with Gasteiger partial charge >= 0.3 is 11.9 Å². The smallest absolute Gasteiger partial charge is 0.338 e. The van der Waals surface area contributed by atoms with Crippen LogP contribution in [0.2, 0.25) is 0 Å². The first kappa shape index (κ1) is 23.2. The van der Waals surface area contributed by atoms with Gasteiger partial charge < -0.3 is 19.3 Å². The van der Waals surface area contributed by atoms with Crippen LogP contribution in [0.4, 0.5) is 0 Å². The van der Waals surface area contributed by atoms with Crippen molar-refractivity contribution in [2.24, 2.45) is 34.5 Å². The fourth-order valence-electron chi connectivity index (χ4n) is 10.5. The Morgan fingerprint density at radius 2 is 2.00 bits per heavy atom. The highest BCUT2D eigenvalue weighted by atomic mass is 16.6. The largest absolute Gasteiger partial charge is 0.462 e. The second kappa shape index (κ2) is 7.55. The van der Waals surface area contributed by atoms with Crippen LogP contribution >= 0.6 is 0 Å². The number of rotatable bonds is 4. The number of ether oxygens (including phenoxy) is 3. The minimum absolute atomic E-state index is 0.00435. The lowest BCUT2D eigenvalue weighted by molar-refractivity contribution is -0.269. The summed E-state index contributed by atoms with van der Waals surface area (Å²) in [7, 11) is 1.79. The van der Waals surface area contributed by atoms with Gasteiger partial charge in [0.1, 0.15) is 12.2 Å². The van der Waals surface area contributed by atoms with Gasteiger partial charge in [-0.1, -0.05) is 32.0 Å². The molecule has 7 aliphatic rings. The molecule has 8 rings (SSSR count). The Kier molecular flexibility index (Phi) is 4.86. The molecule has 0 aromatic heterocycles. The molecule has 3 heterocycles. The number of carbonyl (C=O) groups is 2. The van der Waals surface area contributed by atoms with Crippen LogP contribution in [0.15, 0.2) is 30.3 Å². The number of carbonyl (C=O) groups excluding carboxylic acids is 2. The van der Waals surface area contributed by atoms with Gasteiger partial charge in [-0.25, -0.2) is 4.79 Å². The molecule has 3 saturated heterocycles. The van der Waals surface area contributed by atoms with Crippen molar-refractivity contribution in [1.82, 2.24) is 4.90 Å². The molecule has 36 heavy (non-hydrogen) atoms. The van der Waals surface area contributed by atoms with Crippen LogP contribution in [0.5, 0.6) is 0 Å². The van der Waals surface area contributed by atoms with Crippen molar-refractivity contribution in [2.75, 3.05) is 20.2 Å². The van der Waals surface area contributed by atoms with Gasteiger partial charge in [0, 0.05) is 36.9 Å². The normalized spacial score (nSPS) is 50.4. The number of nitrogens with zero attached hydrogens (tertiary/aromatic N) is 1. The molecule has 4 aliphatic carbocycles. The molecule has 1 aromatic carbocycles. The Balaban J connectivity index is 1.46. The molecular weight excluding hydrogens is 458 g/mol. The summed E-state index contributed by atoms with van der Waals surface area (Å²) < 4.78 is 18.7. The predicted octanol–water partition coefficient (Wildman–Crippen LogP) is 3.05. The van der Waals surface area contributed by atoms with Gasteiger partial charge in [-0.2, -0.15) is 0 Å². The fraction of sp³-hybridized carbons (Fsp3) is 0.724. The van der Waals surface area contributed by atoms with Crippen LogP contribution in [0.1, 0.15) is 56.3 Å². The maximum atomic E-state index is 13.5. The Hall–Kier alpha value is -1.96. The van der Waals surface area contributed by atoms with E-state index in [0.717, 1.165) is 32.4 Å². The van der Waals surface area contributed by atoms with Crippen molar-refractivity contribution in [3.05, 3.63) is 35.9 Å². The van der Waals surface area contributed by atoms with Gasteiger partial charge in [0.25, 0.3) is 0 Å². The fourth-order valence-corrected chi connectivity index (χ4v) is 10.5. The molecule has 194 valence electrons. The predicted molar refractivity (Wildman–Crippen MR) is 130 cm³/mol. The number of hydrogen-bond donors (Lipinski definition) is 1. The van der Waals surface area contributed by atoms with Crippen molar-refractivity contribution < 1.29 is 28.9 Å². The van der Waals surface area contributed by atoms with Gasteiger partial charge in [-0.3, -0.25) is 9.69 Å². The topological polar surface area (TPSA) is 85.3 Å². The van der Waals surface area contributed by atoms with E-state index in [-0.39, 0.29) is 58.8 Å². The van der Waals surface area contributed by atoms with E-state index in [9.17, 15) is 14.7 Å². The van der Waals surface area contributed by atoms with E-state index in [1.165, 1.54) is 0 Å². The average molecular weight is 496 g/mol. The summed E-state index contributed by atoms with van der Waals surface area (Å²) in [5.41, 5.74) is -1.23. The number of esters is 2. The van der Waals surface area contributed by atoms with Gasteiger partial charge in [-0.15, -0.1) is 0 Å². The summed E-state index contributed by atoms with van der Waals surface area (Å²) in [5, 5.41) is 12.6. The molecule has 1 N–H and O–H groups in total. The Bertz CT molecular complexity index is 1090. The molecule has 7 fully saturated rings. The third kappa shape index (κ3) is 2.60.